The molecule has 0 aliphatic heterocycles. The van der Waals surface area contributed by atoms with Crippen molar-refractivity contribution >= 4 is 5.69 Å². The Morgan fingerprint density at radius 3 is 2.43 bits per heavy atom. The summed E-state index contributed by atoms with van der Waals surface area (Å²) in [6, 6.07) is 7.22. The van der Waals surface area contributed by atoms with Gasteiger partial charge in [-0.25, -0.2) is 0 Å². The van der Waals surface area contributed by atoms with Crippen LogP contribution in [0.5, 0.6) is 0 Å². The Balaban J connectivity index is 2.80. The first-order valence-corrected chi connectivity index (χ1v) is 4.53. The van der Waals surface area contributed by atoms with Crippen LogP contribution in [0.4, 0.5) is 5.69 Å². The number of aliphatic hydroxyl groups is 1. The standard InChI is InChI=1S/C11H16N2O/c1-3-10(14)11(12)8-4-6-9(13-2)7-5-8/h3-7,10-11,13-14H,1,12H2,2H3. The summed E-state index contributed by atoms with van der Waals surface area (Å²) in [7, 11) is 1.85. The van der Waals surface area contributed by atoms with Crippen LogP contribution in [0.15, 0.2) is 36.9 Å². The molecule has 14 heavy (non-hydrogen) atoms. The van der Waals surface area contributed by atoms with Gasteiger partial charge in [-0.1, -0.05) is 18.2 Å². The van der Waals surface area contributed by atoms with Gasteiger partial charge in [-0.2, -0.15) is 0 Å². The van der Waals surface area contributed by atoms with E-state index in [2.05, 4.69) is 11.9 Å². The van der Waals surface area contributed by atoms with Crippen LogP contribution in [-0.2, 0) is 0 Å². The van der Waals surface area contributed by atoms with Crippen molar-refractivity contribution in [1.82, 2.24) is 0 Å². The van der Waals surface area contributed by atoms with E-state index in [-0.39, 0.29) is 0 Å². The number of aliphatic hydroxyl groups excluding tert-OH is 1. The molecule has 1 aromatic rings. The summed E-state index contributed by atoms with van der Waals surface area (Å²) >= 11 is 0. The van der Waals surface area contributed by atoms with Crippen LogP contribution >= 0.6 is 0 Å². The average molecular weight is 192 g/mol. The summed E-state index contributed by atoms with van der Waals surface area (Å²) in [5.41, 5.74) is 7.72. The molecule has 3 nitrogen and oxygen atoms in total. The summed E-state index contributed by atoms with van der Waals surface area (Å²) < 4.78 is 0. The van der Waals surface area contributed by atoms with Crippen LogP contribution in [0, 0.1) is 0 Å². The lowest BCUT2D eigenvalue weighted by Crippen LogP contribution is -2.23. The number of rotatable bonds is 4. The fourth-order valence-corrected chi connectivity index (χ4v) is 1.22. The van der Waals surface area contributed by atoms with Crippen LogP contribution in [0.3, 0.4) is 0 Å². The monoisotopic (exact) mass is 192 g/mol. The van der Waals surface area contributed by atoms with Crippen LogP contribution in [0.25, 0.3) is 0 Å². The predicted octanol–water partition coefficient (Wildman–Crippen LogP) is 1.28. The quantitative estimate of drug-likeness (QED) is 0.630. The van der Waals surface area contributed by atoms with Crippen molar-refractivity contribution in [3.8, 4) is 0 Å². The largest absolute Gasteiger partial charge is 0.388 e. The second-order valence-corrected chi connectivity index (χ2v) is 3.12. The Morgan fingerprint density at radius 1 is 1.43 bits per heavy atom. The molecule has 3 heteroatoms. The second-order valence-electron chi connectivity index (χ2n) is 3.12. The smallest absolute Gasteiger partial charge is 0.0910 e. The molecule has 0 amide bonds. The number of hydrogen-bond acceptors (Lipinski definition) is 3. The van der Waals surface area contributed by atoms with Crippen molar-refractivity contribution in [3.05, 3.63) is 42.5 Å². The summed E-state index contributed by atoms with van der Waals surface area (Å²) in [4.78, 5) is 0. The Labute approximate surface area is 84.3 Å². The van der Waals surface area contributed by atoms with Gasteiger partial charge in [-0.3, -0.25) is 0 Å². The van der Waals surface area contributed by atoms with Crippen molar-refractivity contribution in [2.24, 2.45) is 5.73 Å². The van der Waals surface area contributed by atoms with Gasteiger partial charge < -0.3 is 16.2 Å². The topological polar surface area (TPSA) is 58.3 Å². The summed E-state index contributed by atoms with van der Waals surface area (Å²) in [6.45, 7) is 3.50. The maximum Gasteiger partial charge on any atom is 0.0910 e. The molecular weight excluding hydrogens is 176 g/mol. The fraction of sp³-hybridized carbons (Fsp3) is 0.273. The van der Waals surface area contributed by atoms with E-state index in [0.717, 1.165) is 11.3 Å². The van der Waals surface area contributed by atoms with E-state index in [9.17, 15) is 5.11 Å². The third-order valence-corrected chi connectivity index (χ3v) is 2.19. The molecule has 0 spiro atoms. The molecule has 0 aliphatic rings. The molecule has 0 bridgehead atoms. The molecule has 0 aliphatic carbocycles. The van der Waals surface area contributed by atoms with Gasteiger partial charge >= 0.3 is 0 Å². The Morgan fingerprint density at radius 2 is 2.00 bits per heavy atom. The first-order chi connectivity index (χ1) is 6.69. The Hall–Kier alpha value is -1.32. The highest BCUT2D eigenvalue weighted by Gasteiger charge is 2.12. The molecule has 0 fully saturated rings. The zero-order valence-electron chi connectivity index (χ0n) is 8.27. The van der Waals surface area contributed by atoms with E-state index >= 15 is 0 Å². The summed E-state index contributed by atoms with van der Waals surface area (Å²) in [5, 5.41) is 12.5. The number of nitrogens with two attached hydrogens (primary N) is 1. The molecule has 0 heterocycles. The van der Waals surface area contributed by atoms with E-state index in [1.807, 2.05) is 31.3 Å². The number of benzene rings is 1. The lowest BCUT2D eigenvalue weighted by atomic mass is 10.0. The van der Waals surface area contributed by atoms with Crippen molar-refractivity contribution in [2.45, 2.75) is 12.1 Å². The minimum absolute atomic E-state index is 0.404. The molecule has 0 radical (unpaired) electrons. The van der Waals surface area contributed by atoms with E-state index in [1.54, 1.807) is 0 Å². The van der Waals surface area contributed by atoms with Gasteiger partial charge in [0.15, 0.2) is 0 Å². The highest BCUT2D eigenvalue weighted by Crippen LogP contribution is 2.17. The molecule has 2 atom stereocenters. The normalized spacial score (nSPS) is 14.5. The Kier molecular flexibility index (Phi) is 3.68. The fourth-order valence-electron chi connectivity index (χ4n) is 1.22. The molecule has 0 saturated heterocycles. The molecule has 0 aromatic heterocycles. The maximum absolute atomic E-state index is 9.45. The van der Waals surface area contributed by atoms with Crippen LogP contribution in [-0.4, -0.2) is 18.3 Å². The number of nitrogens with one attached hydrogen (secondary N) is 1. The molecular formula is C11H16N2O. The van der Waals surface area contributed by atoms with E-state index in [1.165, 1.54) is 6.08 Å². The maximum atomic E-state index is 9.45. The highest BCUT2D eigenvalue weighted by atomic mass is 16.3. The second kappa shape index (κ2) is 4.79. The summed E-state index contributed by atoms with van der Waals surface area (Å²) in [5.74, 6) is 0. The predicted molar refractivity (Wildman–Crippen MR) is 59.1 cm³/mol. The van der Waals surface area contributed by atoms with Gasteiger partial charge in [0, 0.05) is 12.7 Å². The Bertz CT molecular complexity index is 295. The van der Waals surface area contributed by atoms with Crippen LogP contribution in [0.1, 0.15) is 11.6 Å². The summed E-state index contributed by atoms with van der Waals surface area (Å²) in [6.07, 6.45) is 0.742. The number of anilines is 1. The van der Waals surface area contributed by atoms with Crippen molar-refractivity contribution in [1.29, 1.82) is 0 Å². The van der Waals surface area contributed by atoms with Gasteiger partial charge in [0.05, 0.1) is 12.1 Å². The molecule has 2 unspecified atom stereocenters. The molecule has 76 valence electrons. The van der Waals surface area contributed by atoms with Crippen molar-refractivity contribution < 1.29 is 5.11 Å². The highest BCUT2D eigenvalue weighted by molar-refractivity contribution is 5.44. The van der Waals surface area contributed by atoms with Gasteiger partial charge in [-0.05, 0) is 17.7 Å². The molecule has 4 N–H and O–H groups in total. The van der Waals surface area contributed by atoms with Crippen LogP contribution < -0.4 is 11.1 Å². The average Bonchev–Trinajstić information content (AvgIpc) is 2.27. The lowest BCUT2D eigenvalue weighted by Gasteiger charge is -2.15. The molecule has 0 saturated carbocycles. The number of hydrogen-bond donors (Lipinski definition) is 3. The van der Waals surface area contributed by atoms with Crippen molar-refractivity contribution in [2.75, 3.05) is 12.4 Å². The molecule has 1 aromatic carbocycles. The minimum atomic E-state index is -0.699. The first kappa shape index (κ1) is 10.8. The van der Waals surface area contributed by atoms with E-state index in [4.69, 9.17) is 5.73 Å². The van der Waals surface area contributed by atoms with Crippen LogP contribution in [0.2, 0.25) is 0 Å². The van der Waals surface area contributed by atoms with Gasteiger partial charge in [-0.15, -0.1) is 6.58 Å². The third-order valence-electron chi connectivity index (χ3n) is 2.19. The van der Waals surface area contributed by atoms with Gasteiger partial charge in [0.1, 0.15) is 0 Å². The SMILES string of the molecule is C=CC(O)C(N)c1ccc(NC)cc1. The third kappa shape index (κ3) is 2.34. The van der Waals surface area contributed by atoms with Gasteiger partial charge in [0.2, 0.25) is 0 Å². The van der Waals surface area contributed by atoms with E-state index < -0.39 is 12.1 Å². The molecule has 1 rings (SSSR count). The van der Waals surface area contributed by atoms with Crippen molar-refractivity contribution in [3.63, 3.8) is 0 Å². The first-order valence-electron chi connectivity index (χ1n) is 4.53. The lowest BCUT2D eigenvalue weighted by molar-refractivity contribution is 0.192. The van der Waals surface area contributed by atoms with E-state index in [0.29, 0.717) is 0 Å². The minimum Gasteiger partial charge on any atom is -0.388 e. The zero-order valence-corrected chi connectivity index (χ0v) is 8.27. The van der Waals surface area contributed by atoms with Gasteiger partial charge in [0.25, 0.3) is 0 Å². The zero-order chi connectivity index (χ0) is 10.6.